The summed E-state index contributed by atoms with van der Waals surface area (Å²) in [6, 6.07) is 6.71. The van der Waals surface area contributed by atoms with Crippen LogP contribution in [0, 0.1) is 11.3 Å². The molecule has 1 aromatic carbocycles. The molecule has 2 aliphatic heterocycles. The van der Waals surface area contributed by atoms with Gasteiger partial charge in [-0.1, -0.05) is 72.8 Å². The number of allylic oxidation sites excluding steroid dienone is 3. The Labute approximate surface area is 194 Å². The van der Waals surface area contributed by atoms with E-state index < -0.39 is 0 Å². The lowest BCUT2D eigenvalue weighted by Crippen LogP contribution is -2.40. The van der Waals surface area contributed by atoms with Gasteiger partial charge >= 0.3 is 0 Å². The van der Waals surface area contributed by atoms with Crippen LogP contribution in [0.4, 0.5) is 0 Å². The predicted octanol–water partition coefficient (Wildman–Crippen LogP) is 6.04. The predicted molar refractivity (Wildman–Crippen MR) is 136 cm³/mol. The Balaban J connectivity index is 0.000000668. The summed E-state index contributed by atoms with van der Waals surface area (Å²) < 4.78 is 5.41. The molecule has 1 saturated heterocycles. The maximum atomic E-state index is 5.41. The topological polar surface area (TPSA) is 34.5 Å². The third-order valence-electron chi connectivity index (χ3n) is 5.79. The minimum Gasteiger partial charge on any atom is -0.380 e. The number of ether oxygens (including phenoxy) is 1. The highest BCUT2D eigenvalue weighted by molar-refractivity contribution is 5.80. The molecule has 0 saturated carbocycles. The minimum absolute atomic E-state index is 0.0570. The zero-order valence-electron chi connectivity index (χ0n) is 21.2. The van der Waals surface area contributed by atoms with Crippen molar-refractivity contribution in [3.8, 4) is 0 Å². The summed E-state index contributed by atoms with van der Waals surface area (Å²) in [5.41, 5.74) is 5.00. The second-order valence-corrected chi connectivity index (χ2v) is 11.3. The van der Waals surface area contributed by atoms with Crippen LogP contribution in [0.25, 0.3) is 16.5 Å². The molecule has 0 N–H and O–H groups in total. The molecule has 0 bridgehead atoms. The van der Waals surface area contributed by atoms with Gasteiger partial charge in [-0.05, 0) is 49.0 Å². The van der Waals surface area contributed by atoms with E-state index in [2.05, 4.69) is 79.7 Å². The largest absolute Gasteiger partial charge is 0.380 e. The van der Waals surface area contributed by atoms with Crippen molar-refractivity contribution in [1.29, 1.82) is 0 Å². The van der Waals surface area contributed by atoms with Gasteiger partial charge in [0.1, 0.15) is 0 Å². The Morgan fingerprint density at radius 1 is 1.09 bits per heavy atom. The molecule has 0 atom stereocenters. The van der Waals surface area contributed by atoms with Crippen molar-refractivity contribution < 1.29 is 4.74 Å². The third kappa shape index (κ3) is 5.75. The van der Waals surface area contributed by atoms with Gasteiger partial charge in [-0.25, -0.2) is 0 Å². The van der Waals surface area contributed by atoms with Gasteiger partial charge < -0.3 is 4.74 Å². The van der Waals surface area contributed by atoms with E-state index in [4.69, 9.17) is 14.7 Å². The first kappa shape index (κ1) is 24.4. The van der Waals surface area contributed by atoms with E-state index in [0.717, 1.165) is 53.9 Å². The van der Waals surface area contributed by atoms with Crippen LogP contribution in [0.2, 0.25) is 0 Å². The van der Waals surface area contributed by atoms with Crippen LogP contribution in [0.3, 0.4) is 0 Å². The average Bonchev–Trinajstić information content (AvgIpc) is 2.66. The van der Waals surface area contributed by atoms with Crippen molar-refractivity contribution >= 4 is 16.5 Å². The lowest BCUT2D eigenvalue weighted by Gasteiger charge is -2.38. The fourth-order valence-electron chi connectivity index (χ4n) is 3.99. The van der Waals surface area contributed by atoms with E-state index in [1.165, 1.54) is 16.4 Å². The van der Waals surface area contributed by atoms with Crippen LogP contribution < -0.4 is 10.6 Å². The summed E-state index contributed by atoms with van der Waals surface area (Å²) in [7, 11) is 0. The molecule has 0 aliphatic carbocycles. The zero-order valence-corrected chi connectivity index (χ0v) is 21.2. The van der Waals surface area contributed by atoms with E-state index in [0.29, 0.717) is 5.41 Å². The number of rotatable bonds is 3. The lowest BCUT2D eigenvalue weighted by atomic mass is 9.82. The van der Waals surface area contributed by atoms with Gasteiger partial charge in [-0.2, -0.15) is 0 Å². The summed E-state index contributed by atoms with van der Waals surface area (Å²) in [5, 5.41) is 3.34. The van der Waals surface area contributed by atoms with Crippen LogP contribution in [-0.2, 0) is 16.6 Å². The Hall–Kier alpha value is -2.26. The van der Waals surface area contributed by atoms with Crippen LogP contribution >= 0.6 is 0 Å². The summed E-state index contributed by atoms with van der Waals surface area (Å²) in [4.78, 5) is 9.99. The SMILES string of the molecule is CC(C)C.CC1=c2/c(C(C)(C)C)nc3cc(CCC4(C)COC4)ccc3/c2=N/C=C/C=C\1. The molecule has 2 aliphatic rings. The maximum absolute atomic E-state index is 5.41. The Kier molecular flexibility index (Phi) is 7.39. The van der Waals surface area contributed by atoms with Crippen molar-refractivity contribution in [1.82, 2.24) is 4.98 Å². The molecule has 0 radical (unpaired) electrons. The van der Waals surface area contributed by atoms with E-state index in [1.54, 1.807) is 0 Å². The lowest BCUT2D eigenvalue weighted by molar-refractivity contribution is -0.105. The summed E-state index contributed by atoms with van der Waals surface area (Å²) in [6.45, 7) is 19.4. The smallest absolute Gasteiger partial charge is 0.0817 e. The highest BCUT2D eigenvalue weighted by atomic mass is 16.5. The first-order valence-electron chi connectivity index (χ1n) is 11.9. The molecule has 1 fully saturated rings. The molecule has 3 heterocycles. The Bertz CT molecular complexity index is 1140. The molecule has 3 heteroatoms. The fraction of sp³-hybridized carbons (Fsp3) is 0.517. The number of nitrogens with zero attached hydrogens (tertiary/aromatic N) is 2. The van der Waals surface area contributed by atoms with Crippen LogP contribution in [-0.4, -0.2) is 18.2 Å². The first-order chi connectivity index (χ1) is 15.0. The van der Waals surface area contributed by atoms with Gasteiger partial charge in [-0.15, -0.1) is 0 Å². The molecule has 32 heavy (non-hydrogen) atoms. The Morgan fingerprint density at radius 3 is 2.38 bits per heavy atom. The second kappa shape index (κ2) is 9.70. The second-order valence-electron chi connectivity index (χ2n) is 11.3. The van der Waals surface area contributed by atoms with Gasteiger partial charge in [0, 0.05) is 27.6 Å². The van der Waals surface area contributed by atoms with Crippen LogP contribution in [0.1, 0.15) is 73.1 Å². The third-order valence-corrected chi connectivity index (χ3v) is 5.79. The molecular formula is C29H40N2O. The highest BCUT2D eigenvalue weighted by Gasteiger charge is 2.32. The Morgan fingerprint density at radius 2 is 1.78 bits per heavy atom. The number of aromatic nitrogens is 1. The fourth-order valence-corrected chi connectivity index (χ4v) is 3.99. The van der Waals surface area contributed by atoms with E-state index in [-0.39, 0.29) is 5.41 Å². The van der Waals surface area contributed by atoms with E-state index in [9.17, 15) is 0 Å². The molecule has 3 nitrogen and oxygen atoms in total. The maximum Gasteiger partial charge on any atom is 0.0817 e. The van der Waals surface area contributed by atoms with Gasteiger partial charge in [0.05, 0.1) is 29.8 Å². The number of hydrogen-bond acceptors (Lipinski definition) is 3. The first-order valence-corrected chi connectivity index (χ1v) is 11.9. The number of hydrogen-bond donors (Lipinski definition) is 0. The quantitative estimate of drug-likeness (QED) is 0.593. The van der Waals surface area contributed by atoms with Gasteiger partial charge in [0.2, 0.25) is 0 Å². The van der Waals surface area contributed by atoms with Crippen molar-refractivity contribution in [2.24, 2.45) is 16.3 Å². The van der Waals surface area contributed by atoms with Crippen molar-refractivity contribution in [2.45, 2.75) is 73.6 Å². The van der Waals surface area contributed by atoms with Crippen LogP contribution in [0.5, 0.6) is 0 Å². The summed E-state index contributed by atoms with van der Waals surface area (Å²) in [5.74, 6) is 0.833. The summed E-state index contributed by atoms with van der Waals surface area (Å²) in [6.07, 6.45) is 10.3. The molecule has 1 aromatic heterocycles. The van der Waals surface area contributed by atoms with Gasteiger partial charge in [0.15, 0.2) is 0 Å². The molecule has 0 amide bonds. The van der Waals surface area contributed by atoms with Gasteiger partial charge in [-0.3, -0.25) is 9.98 Å². The summed E-state index contributed by atoms with van der Waals surface area (Å²) >= 11 is 0. The number of pyridine rings is 1. The molecule has 0 spiro atoms. The molecule has 4 rings (SSSR count). The van der Waals surface area contributed by atoms with E-state index >= 15 is 0 Å². The van der Waals surface area contributed by atoms with E-state index in [1.807, 2.05) is 18.4 Å². The normalized spacial score (nSPS) is 21.8. The average molecular weight is 433 g/mol. The van der Waals surface area contributed by atoms with Crippen LogP contribution in [0.15, 0.2) is 47.6 Å². The molecule has 172 valence electrons. The number of benzene rings is 1. The number of aryl methyl sites for hydroxylation is 1. The monoisotopic (exact) mass is 432 g/mol. The van der Waals surface area contributed by atoms with Crippen molar-refractivity contribution in [3.05, 3.63) is 64.5 Å². The van der Waals surface area contributed by atoms with Crippen molar-refractivity contribution in [2.75, 3.05) is 13.2 Å². The van der Waals surface area contributed by atoms with Crippen molar-refractivity contribution in [3.63, 3.8) is 0 Å². The molecular weight excluding hydrogens is 392 g/mol. The standard InChI is InChI=1S/C25H30N2O.C4H10/c1-17-8-6-7-13-26-22-19-10-9-18(11-12-25(5)15-28-16-25)14-20(19)27-23(21(17)22)24(2,3)4;1-4(2)3/h6-10,13-14H,11-12,15-16H2,1-5H3;4H,1-3H3/b7-6?,8-6-,13-7+,17-8?,21-17-,26-13?,26-22-;. The van der Waals surface area contributed by atoms with Gasteiger partial charge in [0.25, 0.3) is 0 Å². The zero-order chi connectivity index (χ0) is 23.5. The highest BCUT2D eigenvalue weighted by Crippen LogP contribution is 2.32. The molecule has 2 aromatic rings. The minimum atomic E-state index is -0.0570. The number of fused-ring (bicyclic) bond motifs is 3. The molecule has 0 unspecified atom stereocenters.